The predicted molar refractivity (Wildman–Crippen MR) is 53.1 cm³/mol. The number of hydrogen-bond acceptors (Lipinski definition) is 2. The number of hydrogen-bond donors (Lipinski definition) is 1. The summed E-state index contributed by atoms with van der Waals surface area (Å²) < 4.78 is 18.1. The van der Waals surface area contributed by atoms with Crippen LogP contribution in [0.15, 0.2) is 18.2 Å². The molecule has 0 aliphatic heterocycles. The minimum absolute atomic E-state index is 0.0980. The van der Waals surface area contributed by atoms with Crippen LogP contribution in [0.2, 0.25) is 0 Å². The zero-order valence-corrected chi connectivity index (χ0v) is 8.46. The Balaban J connectivity index is 2.97. The maximum Gasteiger partial charge on any atom is 0.123 e. The number of rotatable bonds is 4. The number of ether oxygens (including phenoxy) is 1. The van der Waals surface area contributed by atoms with Gasteiger partial charge in [-0.1, -0.05) is 6.92 Å². The van der Waals surface area contributed by atoms with Crippen molar-refractivity contribution in [3.8, 4) is 5.75 Å². The largest absolute Gasteiger partial charge is 0.496 e. The van der Waals surface area contributed by atoms with Gasteiger partial charge in [-0.15, -0.1) is 0 Å². The van der Waals surface area contributed by atoms with Gasteiger partial charge in [0.1, 0.15) is 11.6 Å². The van der Waals surface area contributed by atoms with E-state index in [-0.39, 0.29) is 18.3 Å². The quantitative estimate of drug-likeness (QED) is 0.804. The Morgan fingerprint density at radius 2 is 2.21 bits per heavy atom. The summed E-state index contributed by atoms with van der Waals surface area (Å²) >= 11 is 0. The highest BCUT2D eigenvalue weighted by Gasteiger charge is 2.11. The number of aliphatic hydroxyl groups is 1. The fourth-order valence-corrected chi connectivity index (χ4v) is 1.44. The third kappa shape index (κ3) is 2.45. The molecule has 1 rings (SSSR count). The van der Waals surface area contributed by atoms with Gasteiger partial charge in [0.15, 0.2) is 0 Å². The molecule has 1 unspecified atom stereocenters. The smallest absolute Gasteiger partial charge is 0.123 e. The van der Waals surface area contributed by atoms with Gasteiger partial charge in [-0.3, -0.25) is 0 Å². The molecule has 0 fully saturated rings. The van der Waals surface area contributed by atoms with Gasteiger partial charge >= 0.3 is 0 Å². The van der Waals surface area contributed by atoms with Gasteiger partial charge in [0.25, 0.3) is 0 Å². The topological polar surface area (TPSA) is 29.5 Å². The zero-order valence-electron chi connectivity index (χ0n) is 8.46. The highest BCUT2D eigenvalue weighted by atomic mass is 19.1. The highest BCUT2D eigenvalue weighted by Crippen LogP contribution is 2.28. The van der Waals surface area contributed by atoms with Crippen molar-refractivity contribution < 1.29 is 14.2 Å². The third-order valence-electron chi connectivity index (χ3n) is 2.28. The van der Waals surface area contributed by atoms with E-state index >= 15 is 0 Å². The van der Waals surface area contributed by atoms with Crippen molar-refractivity contribution in [3.63, 3.8) is 0 Å². The van der Waals surface area contributed by atoms with E-state index < -0.39 is 0 Å². The summed E-state index contributed by atoms with van der Waals surface area (Å²) in [5.74, 6) is 0.503. The molecule has 0 heterocycles. The monoisotopic (exact) mass is 198 g/mol. The summed E-state index contributed by atoms with van der Waals surface area (Å²) in [5, 5.41) is 8.80. The van der Waals surface area contributed by atoms with Crippen molar-refractivity contribution in [2.45, 2.75) is 19.3 Å². The van der Waals surface area contributed by atoms with Gasteiger partial charge in [-0.05, 0) is 36.1 Å². The summed E-state index contributed by atoms with van der Waals surface area (Å²) in [4.78, 5) is 0. The molecule has 0 aromatic heterocycles. The van der Waals surface area contributed by atoms with Crippen molar-refractivity contribution in [1.29, 1.82) is 0 Å². The molecule has 0 aliphatic rings. The lowest BCUT2D eigenvalue weighted by Crippen LogP contribution is -2.00. The lowest BCUT2D eigenvalue weighted by Gasteiger charge is -2.14. The molecule has 0 bridgehead atoms. The normalized spacial score (nSPS) is 12.6. The van der Waals surface area contributed by atoms with E-state index in [1.54, 1.807) is 13.2 Å². The first-order chi connectivity index (χ1) is 6.69. The molecule has 0 aliphatic carbocycles. The minimum Gasteiger partial charge on any atom is -0.496 e. The SMILES string of the molecule is COc1ccc(F)cc1C(C)CCO. The first-order valence-electron chi connectivity index (χ1n) is 4.63. The number of methoxy groups -OCH3 is 1. The Labute approximate surface area is 83.3 Å². The molecular weight excluding hydrogens is 183 g/mol. The molecule has 1 aromatic rings. The van der Waals surface area contributed by atoms with Crippen molar-refractivity contribution in [2.24, 2.45) is 0 Å². The van der Waals surface area contributed by atoms with Crippen LogP contribution in [-0.4, -0.2) is 18.8 Å². The van der Waals surface area contributed by atoms with Crippen LogP contribution in [0.5, 0.6) is 5.75 Å². The van der Waals surface area contributed by atoms with Gasteiger partial charge in [0.05, 0.1) is 7.11 Å². The fourth-order valence-electron chi connectivity index (χ4n) is 1.44. The summed E-state index contributed by atoms with van der Waals surface area (Å²) in [6, 6.07) is 4.44. The van der Waals surface area contributed by atoms with Crippen LogP contribution in [0.3, 0.4) is 0 Å². The Bertz CT molecular complexity index is 299. The van der Waals surface area contributed by atoms with Crippen LogP contribution in [0.4, 0.5) is 4.39 Å². The summed E-state index contributed by atoms with van der Waals surface area (Å²) in [6.07, 6.45) is 0.611. The van der Waals surface area contributed by atoms with Crippen LogP contribution in [0.25, 0.3) is 0 Å². The molecule has 78 valence electrons. The zero-order chi connectivity index (χ0) is 10.6. The van der Waals surface area contributed by atoms with Gasteiger partial charge in [-0.2, -0.15) is 0 Å². The van der Waals surface area contributed by atoms with E-state index in [0.717, 1.165) is 5.56 Å². The van der Waals surface area contributed by atoms with Crippen LogP contribution in [0, 0.1) is 5.82 Å². The standard InChI is InChI=1S/C11H15FO2/c1-8(5-6-13)10-7-9(12)3-4-11(10)14-2/h3-4,7-8,13H,5-6H2,1-2H3. The molecule has 0 spiro atoms. The molecule has 1 aromatic carbocycles. The molecule has 3 heteroatoms. The predicted octanol–water partition coefficient (Wildman–Crippen LogP) is 2.32. The average Bonchev–Trinajstić information content (AvgIpc) is 2.18. The Morgan fingerprint density at radius 3 is 2.79 bits per heavy atom. The van der Waals surface area contributed by atoms with Gasteiger partial charge in [0, 0.05) is 6.61 Å². The Kier molecular flexibility index (Phi) is 3.89. The maximum atomic E-state index is 13.0. The summed E-state index contributed by atoms with van der Waals surface area (Å²) in [7, 11) is 1.56. The molecule has 0 amide bonds. The molecule has 2 nitrogen and oxygen atoms in total. The summed E-state index contributed by atoms with van der Waals surface area (Å²) in [5.41, 5.74) is 0.807. The summed E-state index contributed by atoms with van der Waals surface area (Å²) in [6.45, 7) is 2.04. The van der Waals surface area contributed by atoms with E-state index in [1.807, 2.05) is 6.92 Å². The lowest BCUT2D eigenvalue weighted by atomic mass is 9.97. The fraction of sp³-hybridized carbons (Fsp3) is 0.455. The average molecular weight is 198 g/mol. The van der Waals surface area contributed by atoms with Gasteiger partial charge in [-0.25, -0.2) is 4.39 Å². The van der Waals surface area contributed by atoms with E-state index in [2.05, 4.69) is 0 Å². The Morgan fingerprint density at radius 1 is 1.50 bits per heavy atom. The second-order valence-corrected chi connectivity index (χ2v) is 3.30. The second kappa shape index (κ2) is 4.96. The molecule has 0 saturated heterocycles. The number of halogens is 1. The van der Waals surface area contributed by atoms with Crippen molar-refractivity contribution in [2.75, 3.05) is 13.7 Å². The maximum absolute atomic E-state index is 13.0. The second-order valence-electron chi connectivity index (χ2n) is 3.30. The molecule has 14 heavy (non-hydrogen) atoms. The van der Waals surface area contributed by atoms with E-state index in [4.69, 9.17) is 9.84 Å². The third-order valence-corrected chi connectivity index (χ3v) is 2.28. The van der Waals surface area contributed by atoms with E-state index in [9.17, 15) is 4.39 Å². The first-order valence-corrected chi connectivity index (χ1v) is 4.63. The molecular formula is C11H15FO2. The van der Waals surface area contributed by atoms with Crippen LogP contribution < -0.4 is 4.74 Å². The minimum atomic E-state index is -0.273. The number of benzene rings is 1. The highest BCUT2D eigenvalue weighted by molar-refractivity contribution is 5.36. The van der Waals surface area contributed by atoms with Crippen LogP contribution in [0.1, 0.15) is 24.8 Å². The van der Waals surface area contributed by atoms with Crippen LogP contribution >= 0.6 is 0 Å². The molecule has 1 atom stereocenters. The number of aliphatic hydroxyl groups excluding tert-OH is 1. The van der Waals surface area contributed by atoms with Crippen molar-refractivity contribution in [3.05, 3.63) is 29.6 Å². The first kappa shape index (κ1) is 11.0. The molecule has 1 N–H and O–H groups in total. The lowest BCUT2D eigenvalue weighted by molar-refractivity contribution is 0.277. The van der Waals surface area contributed by atoms with E-state index in [0.29, 0.717) is 12.2 Å². The molecule has 0 radical (unpaired) electrons. The van der Waals surface area contributed by atoms with Gasteiger partial charge < -0.3 is 9.84 Å². The Hall–Kier alpha value is -1.09. The molecule has 0 saturated carbocycles. The van der Waals surface area contributed by atoms with Crippen molar-refractivity contribution in [1.82, 2.24) is 0 Å². The van der Waals surface area contributed by atoms with Crippen molar-refractivity contribution >= 4 is 0 Å². The van der Waals surface area contributed by atoms with E-state index in [1.165, 1.54) is 12.1 Å². The van der Waals surface area contributed by atoms with Crippen LogP contribution in [-0.2, 0) is 0 Å². The van der Waals surface area contributed by atoms with Gasteiger partial charge in [0.2, 0.25) is 0 Å².